The molecule has 1 aromatic carbocycles. The smallest absolute Gasteiger partial charge is 0.263 e. The molecule has 19 heavy (non-hydrogen) atoms. The molecule has 0 aliphatic rings. The van der Waals surface area contributed by atoms with Gasteiger partial charge in [-0.1, -0.05) is 18.2 Å². The maximum Gasteiger partial charge on any atom is 0.263 e. The Hall–Kier alpha value is -1.97. The molecular weight excluding hydrogens is 246 g/mol. The van der Waals surface area contributed by atoms with Gasteiger partial charge in [-0.05, 0) is 37.6 Å². The first-order chi connectivity index (χ1) is 9.06. The molecule has 1 aromatic heterocycles. The third kappa shape index (κ3) is 3.50. The molecule has 0 bridgehead atoms. The van der Waals surface area contributed by atoms with E-state index >= 15 is 0 Å². The fourth-order valence-corrected chi connectivity index (χ4v) is 1.91. The van der Waals surface area contributed by atoms with E-state index in [1.807, 2.05) is 32.0 Å². The molecule has 0 aliphatic carbocycles. The summed E-state index contributed by atoms with van der Waals surface area (Å²) >= 11 is 0. The third-order valence-electron chi connectivity index (χ3n) is 2.91. The molecule has 0 aliphatic heterocycles. The van der Waals surface area contributed by atoms with Crippen molar-refractivity contribution in [1.82, 2.24) is 4.98 Å². The zero-order valence-electron chi connectivity index (χ0n) is 11.0. The summed E-state index contributed by atoms with van der Waals surface area (Å²) in [4.78, 5) is 4.35. The zero-order valence-corrected chi connectivity index (χ0v) is 11.0. The van der Waals surface area contributed by atoms with Crippen LogP contribution in [0.3, 0.4) is 0 Å². The molecule has 0 fully saturated rings. The number of hydrogen-bond acceptors (Lipinski definition) is 2. The highest BCUT2D eigenvalue weighted by molar-refractivity contribution is 5.48. The summed E-state index contributed by atoms with van der Waals surface area (Å²) in [5, 5.41) is 3.22. The van der Waals surface area contributed by atoms with Crippen molar-refractivity contribution in [3.8, 4) is 0 Å². The lowest BCUT2D eigenvalue weighted by Gasteiger charge is -2.10. The molecule has 0 saturated carbocycles. The highest BCUT2D eigenvalue weighted by Gasteiger charge is 2.07. The third-order valence-corrected chi connectivity index (χ3v) is 2.91. The van der Waals surface area contributed by atoms with Crippen LogP contribution in [0.4, 0.5) is 14.5 Å². The van der Waals surface area contributed by atoms with E-state index in [1.165, 1.54) is 12.1 Å². The molecule has 4 heteroatoms. The van der Waals surface area contributed by atoms with Gasteiger partial charge in [0.15, 0.2) is 0 Å². The molecule has 0 saturated heterocycles. The van der Waals surface area contributed by atoms with E-state index in [0.29, 0.717) is 6.54 Å². The van der Waals surface area contributed by atoms with Crippen LogP contribution in [0, 0.1) is 13.8 Å². The number of alkyl halides is 2. The molecule has 1 heterocycles. The lowest BCUT2D eigenvalue weighted by molar-refractivity contribution is 0.151. The van der Waals surface area contributed by atoms with Crippen molar-refractivity contribution in [1.29, 1.82) is 0 Å². The van der Waals surface area contributed by atoms with Crippen LogP contribution in [-0.2, 0) is 6.54 Å². The topological polar surface area (TPSA) is 24.9 Å². The number of pyridine rings is 1. The van der Waals surface area contributed by atoms with Crippen LogP contribution in [-0.4, -0.2) is 4.98 Å². The lowest BCUT2D eigenvalue weighted by Crippen LogP contribution is -2.03. The minimum Gasteiger partial charge on any atom is -0.380 e. The maximum absolute atomic E-state index is 12.6. The van der Waals surface area contributed by atoms with Gasteiger partial charge in [0.25, 0.3) is 6.43 Å². The minimum absolute atomic E-state index is 0.0538. The van der Waals surface area contributed by atoms with Gasteiger partial charge in [-0.3, -0.25) is 4.98 Å². The molecule has 2 nitrogen and oxygen atoms in total. The normalized spacial score (nSPS) is 10.8. The molecule has 100 valence electrons. The molecule has 2 aromatic rings. The lowest BCUT2D eigenvalue weighted by atomic mass is 10.1. The average molecular weight is 262 g/mol. The van der Waals surface area contributed by atoms with Crippen molar-refractivity contribution in [2.45, 2.75) is 26.8 Å². The molecular formula is C15H16F2N2. The number of rotatable bonds is 4. The van der Waals surface area contributed by atoms with E-state index in [2.05, 4.69) is 10.3 Å². The molecule has 1 N–H and O–H groups in total. The van der Waals surface area contributed by atoms with Crippen molar-refractivity contribution in [2.75, 3.05) is 5.32 Å². The Bertz CT molecular complexity index is 568. The van der Waals surface area contributed by atoms with Gasteiger partial charge in [-0.2, -0.15) is 0 Å². The minimum atomic E-state index is -2.43. The number of anilines is 1. The summed E-state index contributed by atoms with van der Waals surface area (Å²) in [7, 11) is 0. The van der Waals surface area contributed by atoms with Crippen LogP contribution in [0.5, 0.6) is 0 Å². The summed E-state index contributed by atoms with van der Waals surface area (Å²) in [6.07, 6.45) is -2.43. The first-order valence-electron chi connectivity index (χ1n) is 6.11. The first-order valence-corrected chi connectivity index (χ1v) is 6.11. The Morgan fingerprint density at radius 1 is 1.16 bits per heavy atom. The Morgan fingerprint density at radius 2 is 1.95 bits per heavy atom. The van der Waals surface area contributed by atoms with Gasteiger partial charge in [0.2, 0.25) is 0 Å². The summed E-state index contributed by atoms with van der Waals surface area (Å²) in [5.74, 6) is 0. The molecule has 0 amide bonds. The first kappa shape index (κ1) is 13.5. The van der Waals surface area contributed by atoms with E-state index in [1.54, 1.807) is 6.07 Å². The van der Waals surface area contributed by atoms with E-state index in [4.69, 9.17) is 0 Å². The number of hydrogen-bond donors (Lipinski definition) is 1. The van der Waals surface area contributed by atoms with Gasteiger partial charge in [0.1, 0.15) is 0 Å². The second-order valence-electron chi connectivity index (χ2n) is 4.48. The second-order valence-corrected chi connectivity index (χ2v) is 4.48. The molecule has 0 unspecified atom stereocenters. The molecule has 0 radical (unpaired) electrons. The van der Waals surface area contributed by atoms with Gasteiger partial charge in [0, 0.05) is 17.8 Å². The largest absolute Gasteiger partial charge is 0.380 e. The average Bonchev–Trinajstić information content (AvgIpc) is 2.38. The van der Waals surface area contributed by atoms with Crippen molar-refractivity contribution in [3.05, 3.63) is 58.9 Å². The summed E-state index contributed by atoms with van der Waals surface area (Å²) in [6, 6.07) is 10.3. The summed E-state index contributed by atoms with van der Waals surface area (Å²) < 4.78 is 25.2. The number of aryl methyl sites for hydroxylation is 2. The van der Waals surface area contributed by atoms with Crippen LogP contribution in [0.1, 0.15) is 28.9 Å². The highest BCUT2D eigenvalue weighted by Crippen LogP contribution is 2.20. The van der Waals surface area contributed by atoms with Gasteiger partial charge < -0.3 is 5.32 Å². The second kappa shape index (κ2) is 5.78. The van der Waals surface area contributed by atoms with Crippen LogP contribution in [0.15, 0.2) is 36.4 Å². The van der Waals surface area contributed by atoms with E-state index in [-0.39, 0.29) is 5.56 Å². The van der Waals surface area contributed by atoms with Crippen molar-refractivity contribution in [3.63, 3.8) is 0 Å². The quantitative estimate of drug-likeness (QED) is 0.891. The summed E-state index contributed by atoms with van der Waals surface area (Å²) in [5.41, 5.74) is 3.68. The zero-order chi connectivity index (χ0) is 13.8. The Morgan fingerprint density at radius 3 is 2.63 bits per heavy atom. The highest BCUT2D eigenvalue weighted by atomic mass is 19.3. The monoisotopic (exact) mass is 262 g/mol. The van der Waals surface area contributed by atoms with Crippen LogP contribution < -0.4 is 5.32 Å². The van der Waals surface area contributed by atoms with Crippen molar-refractivity contribution < 1.29 is 8.78 Å². The van der Waals surface area contributed by atoms with Crippen LogP contribution in [0.2, 0.25) is 0 Å². The van der Waals surface area contributed by atoms with Crippen LogP contribution >= 0.6 is 0 Å². The Labute approximate surface area is 111 Å². The van der Waals surface area contributed by atoms with Crippen LogP contribution in [0.25, 0.3) is 0 Å². The number of aromatic nitrogens is 1. The van der Waals surface area contributed by atoms with Gasteiger partial charge in [-0.25, -0.2) is 8.78 Å². The van der Waals surface area contributed by atoms with E-state index in [0.717, 1.165) is 22.6 Å². The summed E-state index contributed by atoms with van der Waals surface area (Å²) in [6.45, 7) is 4.36. The SMILES string of the molecule is Cc1ccc(NCc2cccc(C(F)F)c2)c(C)n1. The molecule has 0 atom stereocenters. The standard InChI is InChI=1S/C15H16F2N2/c1-10-6-7-14(11(2)19-10)18-9-12-4-3-5-13(8-12)15(16)17/h3-8,15,18H,9H2,1-2H3. The van der Waals surface area contributed by atoms with Gasteiger partial charge in [0.05, 0.1) is 11.4 Å². The van der Waals surface area contributed by atoms with Crippen molar-refractivity contribution >= 4 is 5.69 Å². The Kier molecular flexibility index (Phi) is 4.10. The fraction of sp³-hybridized carbons (Fsp3) is 0.267. The van der Waals surface area contributed by atoms with Gasteiger partial charge in [-0.15, -0.1) is 0 Å². The number of halogens is 2. The van der Waals surface area contributed by atoms with Crippen molar-refractivity contribution in [2.24, 2.45) is 0 Å². The number of nitrogens with zero attached hydrogens (tertiary/aromatic N) is 1. The predicted molar refractivity (Wildman–Crippen MR) is 72.4 cm³/mol. The number of benzene rings is 1. The fourth-order valence-electron chi connectivity index (χ4n) is 1.91. The predicted octanol–water partition coefficient (Wildman–Crippen LogP) is 4.25. The number of nitrogens with one attached hydrogen (secondary N) is 1. The van der Waals surface area contributed by atoms with Gasteiger partial charge >= 0.3 is 0 Å². The van der Waals surface area contributed by atoms with E-state index in [9.17, 15) is 8.78 Å². The maximum atomic E-state index is 12.6. The van der Waals surface area contributed by atoms with E-state index < -0.39 is 6.43 Å². The Balaban J connectivity index is 2.08. The molecule has 0 spiro atoms. The molecule has 2 rings (SSSR count).